The van der Waals surface area contributed by atoms with Gasteiger partial charge in [-0.3, -0.25) is 0 Å². The molecule has 1 heterocycles. The van der Waals surface area contributed by atoms with Crippen molar-refractivity contribution in [1.82, 2.24) is 4.98 Å². The molecular weight excluding hydrogens is 298 g/mol. The zero-order chi connectivity index (χ0) is 13.1. The molecule has 0 bridgehead atoms. The molecule has 0 amide bonds. The van der Waals surface area contributed by atoms with E-state index in [1.165, 1.54) is 0 Å². The minimum absolute atomic E-state index is 0.103. The molecule has 0 aliphatic carbocycles. The lowest BCUT2D eigenvalue weighted by atomic mass is 10.1. The van der Waals surface area contributed by atoms with Gasteiger partial charge in [0.15, 0.2) is 0 Å². The molecule has 2 rings (SSSR count). The molecule has 4 nitrogen and oxygen atoms in total. The minimum atomic E-state index is -0.580. The van der Waals surface area contributed by atoms with Crippen LogP contribution in [0.15, 0.2) is 28.7 Å². The highest BCUT2D eigenvalue weighted by Crippen LogP contribution is 2.28. The SMILES string of the molecule is COC(OC)c1nc2c(Br)cccc2cc1CO. The molecule has 1 aromatic carbocycles. The summed E-state index contributed by atoms with van der Waals surface area (Å²) in [6.45, 7) is -0.103. The van der Waals surface area contributed by atoms with Crippen LogP contribution in [-0.2, 0) is 16.1 Å². The molecule has 0 saturated heterocycles. The van der Waals surface area contributed by atoms with Crippen LogP contribution < -0.4 is 0 Å². The Hall–Kier alpha value is -1.01. The zero-order valence-electron chi connectivity index (χ0n) is 10.2. The average Bonchev–Trinajstić information content (AvgIpc) is 2.40. The molecule has 0 spiro atoms. The van der Waals surface area contributed by atoms with Gasteiger partial charge in [0.25, 0.3) is 0 Å². The number of hydrogen-bond donors (Lipinski definition) is 1. The molecule has 0 aliphatic rings. The number of aliphatic hydroxyl groups is 1. The predicted molar refractivity (Wildman–Crippen MR) is 72.1 cm³/mol. The van der Waals surface area contributed by atoms with E-state index < -0.39 is 6.29 Å². The van der Waals surface area contributed by atoms with E-state index in [1.54, 1.807) is 14.2 Å². The first-order valence-electron chi connectivity index (χ1n) is 5.45. The smallest absolute Gasteiger partial charge is 0.200 e. The Bertz CT molecular complexity index is 555. The van der Waals surface area contributed by atoms with Crippen LogP contribution in [0.4, 0.5) is 0 Å². The number of ether oxygens (including phenoxy) is 2. The summed E-state index contributed by atoms with van der Waals surface area (Å²) in [7, 11) is 3.09. The van der Waals surface area contributed by atoms with Crippen LogP contribution in [0, 0.1) is 0 Å². The van der Waals surface area contributed by atoms with Crippen LogP contribution in [0.3, 0.4) is 0 Å². The Kier molecular flexibility index (Phi) is 4.29. The van der Waals surface area contributed by atoms with Gasteiger partial charge < -0.3 is 14.6 Å². The molecule has 1 N–H and O–H groups in total. The number of fused-ring (bicyclic) bond motifs is 1. The predicted octanol–water partition coefficient (Wildman–Crippen LogP) is 2.78. The van der Waals surface area contributed by atoms with Crippen molar-refractivity contribution in [2.45, 2.75) is 12.9 Å². The van der Waals surface area contributed by atoms with Gasteiger partial charge in [-0.2, -0.15) is 0 Å². The number of aromatic nitrogens is 1. The lowest BCUT2D eigenvalue weighted by molar-refractivity contribution is -0.109. The largest absolute Gasteiger partial charge is 0.392 e. The van der Waals surface area contributed by atoms with Gasteiger partial charge in [-0.25, -0.2) is 4.98 Å². The Morgan fingerprint density at radius 2 is 2.06 bits per heavy atom. The second-order valence-electron chi connectivity index (χ2n) is 3.81. The van der Waals surface area contributed by atoms with E-state index in [4.69, 9.17) is 9.47 Å². The number of halogens is 1. The molecule has 96 valence electrons. The van der Waals surface area contributed by atoms with E-state index in [2.05, 4.69) is 20.9 Å². The summed E-state index contributed by atoms with van der Waals surface area (Å²) in [6, 6.07) is 7.70. The van der Waals surface area contributed by atoms with Crippen LogP contribution >= 0.6 is 15.9 Å². The summed E-state index contributed by atoms with van der Waals surface area (Å²) in [5, 5.41) is 10.4. The molecule has 2 aromatic rings. The van der Waals surface area contributed by atoms with Gasteiger partial charge in [-0.15, -0.1) is 0 Å². The number of para-hydroxylation sites is 1. The van der Waals surface area contributed by atoms with Crippen molar-refractivity contribution in [3.05, 3.63) is 40.0 Å². The fourth-order valence-electron chi connectivity index (χ4n) is 1.87. The third kappa shape index (κ3) is 2.40. The Balaban J connectivity index is 2.67. The maximum absolute atomic E-state index is 9.42. The standard InChI is InChI=1S/C13H14BrNO3/c1-17-13(18-2)12-9(7-16)6-8-4-3-5-10(14)11(8)15-12/h3-6,13,16H,7H2,1-2H3. The molecule has 0 atom stereocenters. The lowest BCUT2D eigenvalue weighted by Gasteiger charge is -2.17. The van der Waals surface area contributed by atoms with E-state index in [0.29, 0.717) is 11.3 Å². The van der Waals surface area contributed by atoms with E-state index >= 15 is 0 Å². The third-order valence-corrected chi connectivity index (χ3v) is 3.37. The fraction of sp³-hybridized carbons (Fsp3) is 0.308. The van der Waals surface area contributed by atoms with Crippen molar-refractivity contribution in [2.75, 3.05) is 14.2 Å². The summed E-state index contributed by atoms with van der Waals surface area (Å²) in [5.74, 6) is 0. The van der Waals surface area contributed by atoms with Crippen molar-refractivity contribution < 1.29 is 14.6 Å². The van der Waals surface area contributed by atoms with Gasteiger partial charge in [0.1, 0.15) is 5.69 Å². The Morgan fingerprint density at radius 1 is 1.33 bits per heavy atom. The van der Waals surface area contributed by atoms with Gasteiger partial charge in [-0.05, 0) is 28.1 Å². The number of benzene rings is 1. The molecule has 0 fully saturated rings. The zero-order valence-corrected chi connectivity index (χ0v) is 11.8. The highest BCUT2D eigenvalue weighted by molar-refractivity contribution is 9.10. The van der Waals surface area contributed by atoms with E-state index in [1.807, 2.05) is 24.3 Å². The minimum Gasteiger partial charge on any atom is -0.392 e. The number of pyridine rings is 1. The van der Waals surface area contributed by atoms with Gasteiger partial charge in [0.05, 0.1) is 12.1 Å². The fourth-order valence-corrected chi connectivity index (χ4v) is 2.34. The van der Waals surface area contributed by atoms with E-state index in [-0.39, 0.29) is 6.61 Å². The van der Waals surface area contributed by atoms with Crippen LogP contribution in [0.25, 0.3) is 10.9 Å². The number of rotatable bonds is 4. The van der Waals surface area contributed by atoms with Crippen LogP contribution in [-0.4, -0.2) is 24.3 Å². The summed E-state index contributed by atoms with van der Waals surface area (Å²) in [4.78, 5) is 4.53. The van der Waals surface area contributed by atoms with Crippen molar-refractivity contribution in [3.8, 4) is 0 Å². The summed E-state index contributed by atoms with van der Waals surface area (Å²) in [6.07, 6.45) is -0.580. The summed E-state index contributed by atoms with van der Waals surface area (Å²) >= 11 is 3.46. The first-order chi connectivity index (χ1) is 8.71. The van der Waals surface area contributed by atoms with Gasteiger partial charge in [0, 0.05) is 29.6 Å². The summed E-state index contributed by atoms with van der Waals surface area (Å²) in [5.41, 5.74) is 2.13. The lowest BCUT2D eigenvalue weighted by Crippen LogP contribution is -2.10. The van der Waals surface area contributed by atoms with Crippen molar-refractivity contribution in [2.24, 2.45) is 0 Å². The van der Waals surface area contributed by atoms with Gasteiger partial charge in [-0.1, -0.05) is 12.1 Å². The normalized spacial score (nSPS) is 11.4. The number of aliphatic hydroxyl groups excluding tert-OH is 1. The highest BCUT2D eigenvalue weighted by Gasteiger charge is 2.17. The first kappa shape index (κ1) is 13.4. The summed E-state index contributed by atoms with van der Waals surface area (Å²) < 4.78 is 11.3. The van der Waals surface area contributed by atoms with Gasteiger partial charge in [0.2, 0.25) is 6.29 Å². The maximum atomic E-state index is 9.42. The molecule has 0 saturated carbocycles. The van der Waals surface area contributed by atoms with Crippen molar-refractivity contribution in [1.29, 1.82) is 0 Å². The first-order valence-corrected chi connectivity index (χ1v) is 6.25. The topological polar surface area (TPSA) is 51.6 Å². The van der Waals surface area contributed by atoms with Gasteiger partial charge >= 0.3 is 0 Å². The molecule has 5 heteroatoms. The number of nitrogens with zero attached hydrogens (tertiary/aromatic N) is 1. The second kappa shape index (κ2) is 5.75. The monoisotopic (exact) mass is 311 g/mol. The number of methoxy groups -OCH3 is 2. The molecule has 0 unspecified atom stereocenters. The molecule has 1 aromatic heterocycles. The molecule has 0 radical (unpaired) electrons. The Morgan fingerprint density at radius 3 is 2.67 bits per heavy atom. The van der Waals surface area contributed by atoms with E-state index in [9.17, 15) is 5.11 Å². The van der Waals surface area contributed by atoms with Crippen LogP contribution in [0.1, 0.15) is 17.5 Å². The van der Waals surface area contributed by atoms with Crippen LogP contribution in [0.2, 0.25) is 0 Å². The van der Waals surface area contributed by atoms with E-state index in [0.717, 1.165) is 15.4 Å². The van der Waals surface area contributed by atoms with Crippen LogP contribution in [0.5, 0.6) is 0 Å². The third-order valence-electron chi connectivity index (χ3n) is 2.73. The molecular formula is C13H14BrNO3. The van der Waals surface area contributed by atoms with Crippen molar-refractivity contribution in [3.63, 3.8) is 0 Å². The second-order valence-corrected chi connectivity index (χ2v) is 4.66. The highest BCUT2D eigenvalue weighted by atomic mass is 79.9. The molecule has 18 heavy (non-hydrogen) atoms. The Labute approximate surface area is 114 Å². The quantitative estimate of drug-likeness (QED) is 0.882. The maximum Gasteiger partial charge on any atom is 0.200 e. The number of hydrogen-bond acceptors (Lipinski definition) is 4. The molecule has 0 aliphatic heterocycles. The average molecular weight is 312 g/mol. The van der Waals surface area contributed by atoms with Crippen molar-refractivity contribution >= 4 is 26.8 Å².